The summed E-state index contributed by atoms with van der Waals surface area (Å²) in [6.45, 7) is 3.20. The number of halogens is 1. The average molecular weight is 295 g/mol. The molecule has 1 heterocycles. The van der Waals surface area contributed by atoms with Gasteiger partial charge in [0.2, 0.25) is 0 Å². The molecule has 3 rings (SSSR count). The van der Waals surface area contributed by atoms with Gasteiger partial charge >= 0.3 is 0 Å². The van der Waals surface area contributed by atoms with Crippen molar-refractivity contribution in [3.05, 3.63) is 34.9 Å². The number of nitrogens with zero attached hydrogens (tertiary/aromatic N) is 1. The molecule has 1 fully saturated rings. The molecule has 0 saturated carbocycles. The van der Waals surface area contributed by atoms with E-state index in [4.69, 9.17) is 5.73 Å². The molecule has 1 saturated heterocycles. The highest BCUT2D eigenvalue weighted by molar-refractivity contribution is 5.85. The Morgan fingerprint density at radius 1 is 1.10 bits per heavy atom. The van der Waals surface area contributed by atoms with Crippen molar-refractivity contribution in [1.29, 1.82) is 0 Å². The molecular formula is C17H27ClN2. The quantitative estimate of drug-likeness (QED) is 0.923. The third-order valence-electron chi connectivity index (χ3n) is 4.80. The number of hydrogen-bond acceptors (Lipinski definition) is 2. The maximum atomic E-state index is 5.76. The number of hydrogen-bond donors (Lipinski definition) is 1. The summed E-state index contributed by atoms with van der Waals surface area (Å²) >= 11 is 0. The Morgan fingerprint density at radius 2 is 1.95 bits per heavy atom. The lowest BCUT2D eigenvalue weighted by molar-refractivity contribution is 0.134. The van der Waals surface area contributed by atoms with Crippen molar-refractivity contribution in [2.24, 2.45) is 5.73 Å². The zero-order valence-electron chi connectivity index (χ0n) is 12.3. The van der Waals surface area contributed by atoms with Gasteiger partial charge in [-0.25, -0.2) is 0 Å². The normalized spacial score (nSPS) is 22.4. The van der Waals surface area contributed by atoms with Crippen LogP contribution >= 0.6 is 12.4 Å². The predicted molar refractivity (Wildman–Crippen MR) is 87.4 cm³/mol. The third kappa shape index (κ3) is 3.55. The molecule has 1 aliphatic carbocycles. The van der Waals surface area contributed by atoms with E-state index >= 15 is 0 Å². The number of fused-ring (bicyclic) bond motifs is 1. The standard InChI is InChI=1S/C17H26N2.ClH/c18-10-9-17-6-1-2-11-19(17)13-14-7-8-15-4-3-5-16(15)12-14;/h7-8,12,17H,1-6,9-11,13,18H2;1H. The number of rotatable bonds is 4. The second-order valence-corrected chi connectivity index (χ2v) is 6.15. The highest BCUT2D eigenvalue weighted by Gasteiger charge is 2.22. The van der Waals surface area contributed by atoms with E-state index in [2.05, 4.69) is 23.1 Å². The van der Waals surface area contributed by atoms with Crippen molar-refractivity contribution in [3.63, 3.8) is 0 Å². The molecule has 1 atom stereocenters. The van der Waals surface area contributed by atoms with Crippen LogP contribution in [0.25, 0.3) is 0 Å². The molecule has 3 heteroatoms. The molecule has 0 aromatic heterocycles. The van der Waals surface area contributed by atoms with Crippen molar-refractivity contribution in [2.75, 3.05) is 13.1 Å². The van der Waals surface area contributed by atoms with E-state index in [9.17, 15) is 0 Å². The molecule has 1 aromatic rings. The Hall–Kier alpha value is -0.570. The van der Waals surface area contributed by atoms with Crippen LogP contribution in [0.2, 0.25) is 0 Å². The lowest BCUT2D eigenvalue weighted by Gasteiger charge is -2.35. The van der Waals surface area contributed by atoms with Crippen LogP contribution in [0.4, 0.5) is 0 Å². The van der Waals surface area contributed by atoms with E-state index in [1.54, 1.807) is 11.1 Å². The summed E-state index contributed by atoms with van der Waals surface area (Å²) in [5, 5.41) is 0. The van der Waals surface area contributed by atoms with E-state index in [0.29, 0.717) is 6.04 Å². The summed E-state index contributed by atoms with van der Waals surface area (Å²) in [6.07, 6.45) is 9.15. The minimum atomic E-state index is 0. The molecular weight excluding hydrogens is 268 g/mol. The average Bonchev–Trinajstić information content (AvgIpc) is 2.89. The zero-order chi connectivity index (χ0) is 13.1. The molecule has 1 aliphatic heterocycles. The van der Waals surface area contributed by atoms with E-state index < -0.39 is 0 Å². The van der Waals surface area contributed by atoms with Crippen LogP contribution < -0.4 is 5.73 Å². The first-order valence-electron chi connectivity index (χ1n) is 7.91. The second kappa shape index (κ2) is 7.44. The van der Waals surface area contributed by atoms with Gasteiger partial charge in [-0.1, -0.05) is 24.6 Å². The molecule has 1 aromatic carbocycles. The van der Waals surface area contributed by atoms with Gasteiger partial charge in [-0.15, -0.1) is 12.4 Å². The third-order valence-corrected chi connectivity index (χ3v) is 4.80. The van der Waals surface area contributed by atoms with Crippen molar-refractivity contribution in [3.8, 4) is 0 Å². The summed E-state index contributed by atoms with van der Waals surface area (Å²) in [5.74, 6) is 0. The summed E-state index contributed by atoms with van der Waals surface area (Å²) in [7, 11) is 0. The number of benzene rings is 1. The van der Waals surface area contributed by atoms with Crippen LogP contribution in [0.1, 0.15) is 48.8 Å². The van der Waals surface area contributed by atoms with Crippen LogP contribution in [-0.2, 0) is 19.4 Å². The molecule has 112 valence electrons. The van der Waals surface area contributed by atoms with Gasteiger partial charge in [0.15, 0.2) is 0 Å². The maximum Gasteiger partial charge on any atom is 0.0236 e. The van der Waals surface area contributed by atoms with Gasteiger partial charge in [0.1, 0.15) is 0 Å². The van der Waals surface area contributed by atoms with Crippen LogP contribution in [0, 0.1) is 0 Å². The molecule has 0 bridgehead atoms. The SMILES string of the molecule is Cl.NCCC1CCCCN1Cc1ccc2c(c1)CCC2. The maximum absolute atomic E-state index is 5.76. The Morgan fingerprint density at radius 3 is 2.80 bits per heavy atom. The molecule has 2 aliphatic rings. The molecule has 0 radical (unpaired) electrons. The number of nitrogens with two attached hydrogens (primary N) is 1. The first-order chi connectivity index (χ1) is 9.36. The van der Waals surface area contributed by atoms with Crippen LogP contribution in [0.3, 0.4) is 0 Å². The summed E-state index contributed by atoms with van der Waals surface area (Å²) in [6, 6.07) is 7.88. The van der Waals surface area contributed by atoms with Gasteiger partial charge < -0.3 is 5.73 Å². The largest absolute Gasteiger partial charge is 0.330 e. The fourth-order valence-corrected chi connectivity index (χ4v) is 3.75. The molecule has 20 heavy (non-hydrogen) atoms. The lowest BCUT2D eigenvalue weighted by Crippen LogP contribution is -2.40. The van der Waals surface area contributed by atoms with Gasteiger partial charge in [0.25, 0.3) is 0 Å². The Labute approximate surface area is 129 Å². The van der Waals surface area contributed by atoms with Crippen molar-refractivity contribution in [1.82, 2.24) is 4.90 Å². The molecule has 2 N–H and O–H groups in total. The topological polar surface area (TPSA) is 29.3 Å². The van der Waals surface area contributed by atoms with Crippen molar-refractivity contribution in [2.45, 2.75) is 57.5 Å². The van der Waals surface area contributed by atoms with Crippen LogP contribution in [0.15, 0.2) is 18.2 Å². The number of piperidine rings is 1. The number of aryl methyl sites for hydroxylation is 2. The molecule has 0 amide bonds. The van der Waals surface area contributed by atoms with Crippen LogP contribution in [-0.4, -0.2) is 24.0 Å². The lowest BCUT2D eigenvalue weighted by atomic mass is 9.98. The Kier molecular flexibility index (Phi) is 5.88. The van der Waals surface area contributed by atoms with Gasteiger partial charge in [-0.2, -0.15) is 0 Å². The summed E-state index contributed by atoms with van der Waals surface area (Å²) in [5.41, 5.74) is 10.5. The van der Waals surface area contributed by atoms with Gasteiger partial charge in [-0.05, 0) is 68.3 Å². The minimum Gasteiger partial charge on any atom is -0.330 e. The zero-order valence-corrected chi connectivity index (χ0v) is 13.1. The first kappa shape index (κ1) is 15.8. The minimum absolute atomic E-state index is 0. The fraction of sp³-hybridized carbons (Fsp3) is 0.647. The molecule has 2 nitrogen and oxygen atoms in total. The fourth-order valence-electron chi connectivity index (χ4n) is 3.75. The predicted octanol–water partition coefficient (Wildman–Crippen LogP) is 3.30. The van der Waals surface area contributed by atoms with Gasteiger partial charge in [-0.3, -0.25) is 4.90 Å². The van der Waals surface area contributed by atoms with Crippen LogP contribution in [0.5, 0.6) is 0 Å². The highest BCUT2D eigenvalue weighted by Crippen LogP contribution is 2.26. The van der Waals surface area contributed by atoms with E-state index in [1.807, 2.05) is 0 Å². The summed E-state index contributed by atoms with van der Waals surface area (Å²) in [4.78, 5) is 2.66. The Balaban J connectivity index is 0.00000147. The monoisotopic (exact) mass is 294 g/mol. The molecule has 1 unspecified atom stereocenters. The van der Waals surface area contributed by atoms with E-state index in [-0.39, 0.29) is 12.4 Å². The van der Waals surface area contributed by atoms with Gasteiger partial charge in [0.05, 0.1) is 0 Å². The first-order valence-corrected chi connectivity index (χ1v) is 7.91. The van der Waals surface area contributed by atoms with Crippen molar-refractivity contribution < 1.29 is 0 Å². The highest BCUT2D eigenvalue weighted by atomic mass is 35.5. The second-order valence-electron chi connectivity index (χ2n) is 6.15. The Bertz CT molecular complexity index is 431. The van der Waals surface area contributed by atoms with Crippen molar-refractivity contribution >= 4 is 12.4 Å². The van der Waals surface area contributed by atoms with E-state index in [0.717, 1.165) is 19.5 Å². The number of likely N-dealkylation sites (tertiary alicyclic amines) is 1. The smallest absolute Gasteiger partial charge is 0.0236 e. The summed E-state index contributed by atoms with van der Waals surface area (Å²) < 4.78 is 0. The molecule has 0 spiro atoms. The van der Waals surface area contributed by atoms with E-state index in [1.165, 1.54) is 50.6 Å². The van der Waals surface area contributed by atoms with Gasteiger partial charge in [0, 0.05) is 12.6 Å².